The van der Waals surface area contributed by atoms with Crippen molar-refractivity contribution < 1.29 is 9.15 Å². The number of methoxy groups -OCH3 is 1. The molecule has 1 aromatic carbocycles. The van der Waals surface area contributed by atoms with E-state index >= 15 is 0 Å². The largest absolute Gasteiger partial charge is 0.497 e. The predicted molar refractivity (Wildman–Crippen MR) is 134 cm³/mol. The highest BCUT2D eigenvalue weighted by Gasteiger charge is 2.34. The average Bonchev–Trinajstić information content (AvgIpc) is 3.52. The van der Waals surface area contributed by atoms with Gasteiger partial charge in [-0.3, -0.25) is 9.69 Å². The molecule has 0 aliphatic heterocycles. The fourth-order valence-corrected chi connectivity index (χ4v) is 4.39. The normalized spacial score (nSPS) is 13.1. The van der Waals surface area contributed by atoms with Gasteiger partial charge in [0.2, 0.25) is 0 Å². The zero-order valence-electron chi connectivity index (χ0n) is 21.3. The molecule has 0 aliphatic rings. The molecule has 4 aromatic rings. The van der Waals surface area contributed by atoms with E-state index in [4.69, 9.17) is 9.15 Å². The van der Waals surface area contributed by atoms with Crippen molar-refractivity contribution >= 4 is 10.9 Å². The third kappa shape index (κ3) is 5.14. The molecule has 0 bridgehead atoms. The summed E-state index contributed by atoms with van der Waals surface area (Å²) in [5.74, 6) is 2.49. The Morgan fingerprint density at radius 2 is 2.00 bits per heavy atom. The first-order valence-corrected chi connectivity index (χ1v) is 12.0. The minimum absolute atomic E-state index is 0.122. The Kier molecular flexibility index (Phi) is 7.07. The predicted octanol–water partition coefficient (Wildman–Crippen LogP) is 4.66. The number of nitrogens with zero attached hydrogens (tertiary/aromatic N) is 5. The maximum absolute atomic E-state index is 13.1. The summed E-state index contributed by atoms with van der Waals surface area (Å²) >= 11 is 0. The van der Waals surface area contributed by atoms with E-state index in [0.717, 1.165) is 34.7 Å². The van der Waals surface area contributed by atoms with Gasteiger partial charge in [-0.2, -0.15) is 0 Å². The number of ether oxygens (including phenoxy) is 1. The van der Waals surface area contributed by atoms with Crippen molar-refractivity contribution in [2.75, 3.05) is 7.11 Å². The molecule has 35 heavy (non-hydrogen) atoms. The van der Waals surface area contributed by atoms with Gasteiger partial charge in [-0.1, -0.05) is 20.8 Å². The van der Waals surface area contributed by atoms with Crippen LogP contribution in [0.5, 0.6) is 5.75 Å². The van der Waals surface area contributed by atoms with E-state index < -0.39 is 0 Å². The molecule has 1 atom stereocenters. The maximum Gasteiger partial charge on any atom is 0.252 e. The van der Waals surface area contributed by atoms with E-state index in [0.29, 0.717) is 18.7 Å². The van der Waals surface area contributed by atoms with Crippen LogP contribution in [0.25, 0.3) is 10.9 Å². The van der Waals surface area contributed by atoms with Gasteiger partial charge in [0.1, 0.15) is 11.5 Å². The van der Waals surface area contributed by atoms with Crippen LogP contribution in [-0.4, -0.2) is 37.2 Å². The number of aromatic nitrogens is 5. The quantitative estimate of drug-likeness (QED) is 0.354. The number of nitrogens with one attached hydrogen (secondary N) is 1. The number of fused-ring (bicyclic) bond motifs is 1. The number of aromatic amines is 1. The highest BCUT2D eigenvalue weighted by molar-refractivity contribution is 5.80. The summed E-state index contributed by atoms with van der Waals surface area (Å²) in [6.45, 7) is 11.6. The van der Waals surface area contributed by atoms with Crippen LogP contribution in [-0.2, 0) is 18.6 Å². The van der Waals surface area contributed by atoms with E-state index in [-0.39, 0.29) is 23.1 Å². The second-order valence-electron chi connectivity index (χ2n) is 9.86. The SMILES string of the molecule is CCC(C)(C)n1nnnc1[C@@H](C(C)C)N(Cc1ccco1)Cc1cc2cc(OC)ccc2[nH]c1=O. The van der Waals surface area contributed by atoms with E-state index in [2.05, 4.69) is 60.0 Å². The van der Waals surface area contributed by atoms with E-state index in [1.54, 1.807) is 13.4 Å². The van der Waals surface area contributed by atoms with Crippen molar-refractivity contribution in [2.24, 2.45) is 5.92 Å². The molecule has 0 saturated carbocycles. The van der Waals surface area contributed by atoms with Gasteiger partial charge in [-0.05, 0) is 73.0 Å². The number of hydrogen-bond donors (Lipinski definition) is 1. The van der Waals surface area contributed by atoms with Crippen LogP contribution in [0.2, 0.25) is 0 Å². The summed E-state index contributed by atoms with van der Waals surface area (Å²) in [5, 5.41) is 13.8. The van der Waals surface area contributed by atoms with Gasteiger partial charge in [0.25, 0.3) is 5.56 Å². The van der Waals surface area contributed by atoms with Crippen LogP contribution in [0, 0.1) is 5.92 Å². The van der Waals surface area contributed by atoms with Gasteiger partial charge in [-0.25, -0.2) is 4.68 Å². The standard InChI is InChI=1S/C26H34N6O3/c1-7-26(4,5)32-24(28-29-30-32)23(17(2)3)31(16-21-9-8-12-35-21)15-19-13-18-14-20(34-6)10-11-22(18)27-25(19)33/h8-14,17,23H,7,15-16H2,1-6H3,(H,27,33)/t23-/m1/s1. The van der Waals surface area contributed by atoms with Crippen molar-refractivity contribution in [1.29, 1.82) is 0 Å². The summed E-state index contributed by atoms with van der Waals surface area (Å²) in [5.41, 5.74) is 1.05. The number of H-pyrrole nitrogens is 1. The lowest BCUT2D eigenvalue weighted by molar-refractivity contribution is 0.109. The van der Waals surface area contributed by atoms with Crippen LogP contribution in [0.4, 0.5) is 0 Å². The number of hydrogen-bond acceptors (Lipinski definition) is 7. The minimum Gasteiger partial charge on any atom is -0.497 e. The molecule has 0 fully saturated rings. The first-order chi connectivity index (χ1) is 16.7. The molecule has 0 amide bonds. The molecule has 0 aliphatic carbocycles. The second kappa shape index (κ2) is 10.0. The van der Waals surface area contributed by atoms with E-state index in [1.807, 2.05) is 41.1 Å². The summed E-state index contributed by atoms with van der Waals surface area (Å²) in [6, 6.07) is 11.2. The third-order valence-electron chi connectivity index (χ3n) is 6.66. The monoisotopic (exact) mass is 478 g/mol. The Morgan fingerprint density at radius 3 is 2.66 bits per heavy atom. The Morgan fingerprint density at radius 1 is 1.20 bits per heavy atom. The molecule has 0 saturated heterocycles. The molecule has 0 radical (unpaired) electrons. The van der Waals surface area contributed by atoms with Gasteiger partial charge < -0.3 is 14.1 Å². The van der Waals surface area contributed by atoms with Crippen LogP contribution < -0.4 is 10.3 Å². The van der Waals surface area contributed by atoms with Crippen molar-refractivity contribution in [3.05, 3.63) is 70.2 Å². The van der Waals surface area contributed by atoms with Crippen molar-refractivity contribution in [3.63, 3.8) is 0 Å². The molecular formula is C26H34N6O3. The van der Waals surface area contributed by atoms with Crippen LogP contribution in [0.15, 0.2) is 51.9 Å². The fourth-order valence-electron chi connectivity index (χ4n) is 4.39. The number of furan rings is 1. The number of pyridine rings is 1. The summed E-state index contributed by atoms with van der Waals surface area (Å²) < 4.78 is 13.0. The number of benzene rings is 1. The molecule has 9 nitrogen and oxygen atoms in total. The van der Waals surface area contributed by atoms with Crippen LogP contribution >= 0.6 is 0 Å². The zero-order valence-corrected chi connectivity index (χ0v) is 21.3. The lowest BCUT2D eigenvalue weighted by Gasteiger charge is -2.35. The molecule has 9 heteroatoms. The molecule has 1 N–H and O–H groups in total. The van der Waals surface area contributed by atoms with Gasteiger partial charge in [0.15, 0.2) is 5.82 Å². The van der Waals surface area contributed by atoms with Crippen molar-refractivity contribution in [3.8, 4) is 5.75 Å². The minimum atomic E-state index is -0.251. The average molecular weight is 479 g/mol. The maximum atomic E-state index is 13.1. The lowest BCUT2D eigenvalue weighted by Crippen LogP contribution is -2.38. The first-order valence-electron chi connectivity index (χ1n) is 12.0. The zero-order chi connectivity index (χ0) is 25.2. The van der Waals surface area contributed by atoms with Gasteiger partial charge in [-0.15, -0.1) is 5.10 Å². The summed E-state index contributed by atoms with van der Waals surface area (Å²) in [6.07, 6.45) is 2.54. The molecule has 4 rings (SSSR count). The molecule has 0 unspecified atom stereocenters. The molecule has 3 heterocycles. The smallest absolute Gasteiger partial charge is 0.252 e. The molecule has 186 valence electrons. The van der Waals surface area contributed by atoms with E-state index in [9.17, 15) is 4.79 Å². The van der Waals surface area contributed by atoms with Gasteiger partial charge in [0, 0.05) is 23.0 Å². The van der Waals surface area contributed by atoms with Crippen LogP contribution in [0.3, 0.4) is 0 Å². The molecular weight excluding hydrogens is 444 g/mol. The second-order valence-corrected chi connectivity index (χ2v) is 9.86. The first kappa shape index (κ1) is 24.7. The Bertz CT molecular complexity index is 1320. The van der Waals surface area contributed by atoms with Gasteiger partial charge >= 0.3 is 0 Å². The topological polar surface area (TPSA) is 102 Å². The third-order valence-corrected chi connectivity index (χ3v) is 6.66. The Hall–Kier alpha value is -3.46. The van der Waals surface area contributed by atoms with Crippen LogP contribution in [0.1, 0.15) is 64.2 Å². The van der Waals surface area contributed by atoms with Crippen molar-refractivity contribution in [2.45, 2.75) is 65.7 Å². The number of rotatable bonds is 10. The van der Waals surface area contributed by atoms with Gasteiger partial charge in [0.05, 0.1) is 31.5 Å². The Labute approximate surface area is 205 Å². The Balaban J connectivity index is 1.79. The molecule has 0 spiro atoms. The highest BCUT2D eigenvalue weighted by Crippen LogP contribution is 2.33. The van der Waals surface area contributed by atoms with E-state index in [1.165, 1.54) is 0 Å². The highest BCUT2D eigenvalue weighted by atomic mass is 16.5. The summed E-state index contributed by atoms with van der Waals surface area (Å²) in [7, 11) is 1.63. The molecule has 3 aromatic heterocycles. The van der Waals surface area contributed by atoms with Crippen molar-refractivity contribution in [1.82, 2.24) is 30.1 Å². The lowest BCUT2D eigenvalue weighted by atomic mass is 9.97. The number of tetrazole rings is 1. The summed E-state index contributed by atoms with van der Waals surface area (Å²) in [4.78, 5) is 18.3. The fraction of sp³-hybridized carbons (Fsp3) is 0.462.